The van der Waals surface area contributed by atoms with Crippen molar-refractivity contribution in [3.8, 4) is 0 Å². The second-order valence-electron chi connectivity index (χ2n) is 3.89. The Kier molecular flexibility index (Phi) is 3.69. The first-order chi connectivity index (χ1) is 7.25. The normalized spacial score (nSPS) is 17.7. The zero-order valence-corrected chi connectivity index (χ0v) is 10.8. The number of nitrogens with zero attached hydrogens (tertiary/aromatic N) is 1. The van der Waals surface area contributed by atoms with Crippen molar-refractivity contribution >= 4 is 34.0 Å². The fourth-order valence-electron chi connectivity index (χ4n) is 1.81. The molecule has 15 heavy (non-hydrogen) atoms. The average Bonchev–Trinajstić information content (AvgIpc) is 2.24. The Hall–Kier alpha value is -0.490. The van der Waals surface area contributed by atoms with Crippen LogP contribution in [0.3, 0.4) is 0 Å². The van der Waals surface area contributed by atoms with Gasteiger partial charge in [-0.05, 0) is 53.6 Å². The summed E-state index contributed by atoms with van der Waals surface area (Å²) < 4.78 is 1.18. The molecule has 1 aromatic rings. The van der Waals surface area contributed by atoms with E-state index in [4.69, 9.17) is 5.73 Å². The molecule has 0 atom stereocenters. The van der Waals surface area contributed by atoms with Crippen LogP contribution in [0.4, 0.5) is 11.4 Å². The molecule has 0 spiro atoms. The molecule has 1 saturated heterocycles. The van der Waals surface area contributed by atoms with Crippen LogP contribution >= 0.6 is 22.6 Å². The Labute approximate surface area is 104 Å². The molecule has 0 saturated carbocycles. The lowest BCUT2D eigenvalue weighted by molar-refractivity contribution is 0.273. The minimum Gasteiger partial charge on any atom is -0.397 e. The summed E-state index contributed by atoms with van der Waals surface area (Å²) in [5.41, 5.74) is 11.2. The van der Waals surface area contributed by atoms with Crippen LogP contribution in [0.5, 0.6) is 0 Å². The van der Waals surface area contributed by atoms with Gasteiger partial charge in [-0.3, -0.25) is 0 Å². The Morgan fingerprint density at radius 3 is 2.60 bits per heavy atom. The van der Waals surface area contributed by atoms with E-state index >= 15 is 0 Å². The van der Waals surface area contributed by atoms with Crippen LogP contribution in [0.25, 0.3) is 0 Å². The van der Waals surface area contributed by atoms with Gasteiger partial charge in [0.25, 0.3) is 0 Å². The molecule has 0 aromatic heterocycles. The predicted molar refractivity (Wildman–Crippen MR) is 72.6 cm³/mol. The van der Waals surface area contributed by atoms with E-state index in [1.54, 1.807) is 0 Å². The van der Waals surface area contributed by atoms with Crippen molar-refractivity contribution in [1.29, 1.82) is 0 Å². The van der Waals surface area contributed by atoms with Gasteiger partial charge < -0.3 is 11.2 Å². The van der Waals surface area contributed by atoms with Crippen molar-refractivity contribution in [3.63, 3.8) is 0 Å². The third kappa shape index (κ3) is 2.98. The zero-order valence-electron chi connectivity index (χ0n) is 8.67. The van der Waals surface area contributed by atoms with Crippen molar-refractivity contribution in [1.82, 2.24) is 5.01 Å². The highest BCUT2D eigenvalue weighted by molar-refractivity contribution is 14.1. The van der Waals surface area contributed by atoms with Crippen LogP contribution in [-0.4, -0.2) is 18.1 Å². The number of nitrogens with one attached hydrogen (secondary N) is 1. The molecule has 0 radical (unpaired) electrons. The van der Waals surface area contributed by atoms with Gasteiger partial charge in [0.2, 0.25) is 0 Å². The summed E-state index contributed by atoms with van der Waals surface area (Å²) in [7, 11) is 0. The summed E-state index contributed by atoms with van der Waals surface area (Å²) in [5.74, 6) is 0. The molecule has 0 bridgehead atoms. The molecule has 1 heterocycles. The molecular formula is C11H16IN3. The highest BCUT2D eigenvalue weighted by Crippen LogP contribution is 2.22. The quantitative estimate of drug-likeness (QED) is 0.651. The Bertz CT molecular complexity index is 335. The first kappa shape index (κ1) is 11.0. The summed E-state index contributed by atoms with van der Waals surface area (Å²) >= 11 is 2.27. The molecule has 0 amide bonds. The lowest BCUT2D eigenvalue weighted by Crippen LogP contribution is -2.35. The highest BCUT2D eigenvalue weighted by Gasteiger charge is 2.10. The van der Waals surface area contributed by atoms with E-state index in [2.05, 4.69) is 39.1 Å². The standard InChI is InChI=1S/C11H16IN3/c12-9-4-5-11(10(13)8-9)14-15-6-2-1-3-7-15/h4-5,8,14H,1-3,6-7,13H2. The monoisotopic (exact) mass is 317 g/mol. The fourth-order valence-corrected chi connectivity index (χ4v) is 2.33. The Balaban J connectivity index is 2.03. The average molecular weight is 317 g/mol. The molecule has 1 aromatic carbocycles. The number of hydrazine groups is 1. The van der Waals surface area contributed by atoms with Crippen LogP contribution in [-0.2, 0) is 0 Å². The smallest absolute Gasteiger partial charge is 0.0720 e. The van der Waals surface area contributed by atoms with Crippen molar-refractivity contribution in [2.75, 3.05) is 24.2 Å². The van der Waals surface area contributed by atoms with Crippen molar-refractivity contribution < 1.29 is 0 Å². The first-order valence-corrected chi connectivity index (χ1v) is 6.40. The molecular weight excluding hydrogens is 301 g/mol. The maximum Gasteiger partial charge on any atom is 0.0720 e. The van der Waals surface area contributed by atoms with E-state index in [-0.39, 0.29) is 0 Å². The Morgan fingerprint density at radius 1 is 1.20 bits per heavy atom. The van der Waals surface area contributed by atoms with Crippen molar-refractivity contribution in [2.45, 2.75) is 19.3 Å². The summed E-state index contributed by atoms with van der Waals surface area (Å²) in [6, 6.07) is 6.11. The van der Waals surface area contributed by atoms with E-state index < -0.39 is 0 Å². The summed E-state index contributed by atoms with van der Waals surface area (Å²) in [5, 5.41) is 2.25. The molecule has 82 valence electrons. The largest absolute Gasteiger partial charge is 0.397 e. The number of benzene rings is 1. The molecule has 1 aliphatic heterocycles. The zero-order chi connectivity index (χ0) is 10.7. The molecule has 4 heteroatoms. The minimum absolute atomic E-state index is 0.826. The fraction of sp³-hybridized carbons (Fsp3) is 0.455. The summed E-state index contributed by atoms with van der Waals surface area (Å²) in [6.07, 6.45) is 3.90. The second kappa shape index (κ2) is 5.03. The van der Waals surface area contributed by atoms with Gasteiger partial charge in [-0.2, -0.15) is 0 Å². The summed E-state index contributed by atoms with van der Waals surface area (Å²) in [6.45, 7) is 2.23. The van der Waals surface area contributed by atoms with Gasteiger partial charge >= 0.3 is 0 Å². The van der Waals surface area contributed by atoms with E-state index in [0.29, 0.717) is 0 Å². The molecule has 1 aliphatic rings. The number of anilines is 2. The number of nitrogen functional groups attached to an aromatic ring is 1. The molecule has 3 nitrogen and oxygen atoms in total. The van der Waals surface area contributed by atoms with Gasteiger partial charge in [-0.25, -0.2) is 5.01 Å². The molecule has 0 aliphatic carbocycles. The predicted octanol–water partition coefficient (Wildman–Crippen LogP) is 2.69. The van der Waals surface area contributed by atoms with Gasteiger partial charge in [0.1, 0.15) is 0 Å². The topological polar surface area (TPSA) is 41.3 Å². The van der Waals surface area contributed by atoms with Gasteiger partial charge in [0, 0.05) is 16.7 Å². The van der Waals surface area contributed by atoms with E-state index in [9.17, 15) is 0 Å². The first-order valence-electron chi connectivity index (χ1n) is 5.32. The molecule has 3 N–H and O–H groups in total. The number of hydrogen-bond acceptors (Lipinski definition) is 3. The number of rotatable bonds is 2. The minimum atomic E-state index is 0.826. The van der Waals surface area contributed by atoms with Crippen molar-refractivity contribution in [3.05, 3.63) is 21.8 Å². The van der Waals surface area contributed by atoms with Gasteiger partial charge in [0.05, 0.1) is 11.4 Å². The van der Waals surface area contributed by atoms with Crippen LogP contribution in [0.15, 0.2) is 18.2 Å². The van der Waals surface area contributed by atoms with Crippen LogP contribution in [0.2, 0.25) is 0 Å². The maximum absolute atomic E-state index is 5.94. The lowest BCUT2D eigenvalue weighted by atomic mass is 10.2. The second-order valence-corrected chi connectivity index (χ2v) is 5.14. The van der Waals surface area contributed by atoms with Crippen LogP contribution in [0.1, 0.15) is 19.3 Å². The Morgan fingerprint density at radius 2 is 1.93 bits per heavy atom. The lowest BCUT2D eigenvalue weighted by Gasteiger charge is -2.28. The van der Waals surface area contributed by atoms with Crippen LogP contribution < -0.4 is 11.2 Å². The van der Waals surface area contributed by atoms with E-state index in [1.807, 2.05) is 12.1 Å². The third-order valence-corrected chi connectivity index (χ3v) is 3.32. The van der Waals surface area contributed by atoms with Crippen LogP contribution in [0, 0.1) is 3.57 Å². The van der Waals surface area contributed by atoms with Gasteiger partial charge in [-0.15, -0.1) is 0 Å². The number of piperidine rings is 1. The molecule has 0 unspecified atom stereocenters. The number of hydrogen-bond donors (Lipinski definition) is 2. The summed E-state index contributed by atoms with van der Waals surface area (Å²) in [4.78, 5) is 0. The maximum atomic E-state index is 5.94. The van der Waals surface area contributed by atoms with Gasteiger partial charge in [-0.1, -0.05) is 6.42 Å². The third-order valence-electron chi connectivity index (χ3n) is 2.65. The number of halogens is 1. The molecule has 2 rings (SSSR count). The highest BCUT2D eigenvalue weighted by atomic mass is 127. The van der Waals surface area contributed by atoms with Gasteiger partial charge in [0.15, 0.2) is 0 Å². The van der Waals surface area contributed by atoms with Crippen molar-refractivity contribution in [2.24, 2.45) is 0 Å². The van der Waals surface area contributed by atoms with E-state index in [0.717, 1.165) is 24.5 Å². The SMILES string of the molecule is Nc1cc(I)ccc1NN1CCCCC1. The number of nitrogens with two attached hydrogens (primary N) is 1. The van der Waals surface area contributed by atoms with E-state index in [1.165, 1.54) is 22.8 Å². The molecule has 1 fully saturated rings.